The molecule has 2 aromatic rings. The van der Waals surface area contributed by atoms with Crippen LogP contribution in [0.2, 0.25) is 0 Å². The van der Waals surface area contributed by atoms with E-state index in [-0.39, 0.29) is 17.1 Å². The van der Waals surface area contributed by atoms with E-state index in [2.05, 4.69) is 0 Å². The van der Waals surface area contributed by atoms with Crippen molar-refractivity contribution in [3.8, 4) is 11.5 Å². The monoisotopic (exact) mass is 411 g/mol. The van der Waals surface area contributed by atoms with E-state index in [1.54, 1.807) is 25.3 Å². The second-order valence-corrected chi connectivity index (χ2v) is 8.74. The van der Waals surface area contributed by atoms with Crippen molar-refractivity contribution in [2.45, 2.75) is 32.9 Å². The Kier molecular flexibility index (Phi) is 6.03. The summed E-state index contributed by atoms with van der Waals surface area (Å²) < 4.78 is 10.7. The van der Waals surface area contributed by atoms with Gasteiger partial charge in [0.2, 0.25) is 0 Å². The molecular weight excluding hydrogens is 386 g/mol. The lowest BCUT2D eigenvalue weighted by molar-refractivity contribution is -0.119. The highest BCUT2D eigenvalue weighted by molar-refractivity contribution is 8.04. The van der Waals surface area contributed by atoms with E-state index in [0.717, 1.165) is 16.7 Å². The highest BCUT2D eigenvalue weighted by Gasteiger charge is 2.41. The van der Waals surface area contributed by atoms with Gasteiger partial charge in [-0.3, -0.25) is 9.59 Å². The van der Waals surface area contributed by atoms with Gasteiger partial charge < -0.3 is 9.47 Å². The molecule has 0 radical (unpaired) electrons. The number of thioether (sulfide) groups is 1. The molecule has 0 atom stereocenters. The third-order valence-electron chi connectivity index (χ3n) is 4.82. The molecule has 0 saturated heterocycles. The normalized spacial score (nSPS) is 14.2. The van der Waals surface area contributed by atoms with E-state index in [1.165, 1.54) is 23.8 Å². The molecule has 29 heavy (non-hydrogen) atoms. The van der Waals surface area contributed by atoms with Crippen LogP contribution in [-0.2, 0) is 9.59 Å². The standard InChI is InChI=1S/C23H25NO4S/c1-13(2)29-21-20(16-8-7-14(3)15(4)11-16)22(25)24(23(21)26)18-10-9-17(27-5)12-19(18)28-6/h7-13H,1-6H3. The zero-order valence-electron chi connectivity index (χ0n) is 17.5. The first-order valence-electron chi connectivity index (χ1n) is 9.37. The van der Waals surface area contributed by atoms with E-state index in [0.29, 0.717) is 27.7 Å². The molecule has 2 amide bonds. The lowest BCUT2D eigenvalue weighted by Crippen LogP contribution is -2.31. The predicted molar refractivity (Wildman–Crippen MR) is 118 cm³/mol. The van der Waals surface area contributed by atoms with Crippen LogP contribution in [0.5, 0.6) is 11.5 Å². The number of amides is 2. The van der Waals surface area contributed by atoms with E-state index in [1.807, 2.05) is 45.9 Å². The zero-order valence-corrected chi connectivity index (χ0v) is 18.3. The van der Waals surface area contributed by atoms with Crippen molar-refractivity contribution < 1.29 is 19.1 Å². The SMILES string of the molecule is COc1ccc(N2C(=O)C(SC(C)C)=C(c3ccc(C)c(C)c3)C2=O)c(OC)c1. The number of carbonyl (C=O) groups is 2. The number of ether oxygens (including phenoxy) is 2. The van der Waals surface area contributed by atoms with Gasteiger partial charge in [0.1, 0.15) is 11.5 Å². The summed E-state index contributed by atoms with van der Waals surface area (Å²) in [5, 5.41) is 0.154. The Labute approximate surface area is 175 Å². The maximum Gasteiger partial charge on any atom is 0.272 e. The molecule has 0 spiro atoms. The molecule has 1 aliphatic heterocycles. The molecule has 0 unspecified atom stereocenters. The first kappa shape index (κ1) is 21.0. The van der Waals surface area contributed by atoms with Crippen LogP contribution in [0.3, 0.4) is 0 Å². The molecule has 2 aromatic carbocycles. The number of anilines is 1. The minimum absolute atomic E-state index is 0.154. The number of hydrogen-bond donors (Lipinski definition) is 0. The van der Waals surface area contributed by atoms with Crippen molar-refractivity contribution in [3.05, 3.63) is 58.0 Å². The fourth-order valence-corrected chi connectivity index (χ4v) is 4.18. The fourth-order valence-electron chi connectivity index (χ4n) is 3.19. The molecule has 0 saturated carbocycles. The van der Waals surface area contributed by atoms with Gasteiger partial charge in [0.15, 0.2) is 0 Å². The second-order valence-electron chi connectivity index (χ2n) is 7.15. The molecule has 0 bridgehead atoms. The molecular formula is C23H25NO4S. The number of hydrogen-bond acceptors (Lipinski definition) is 5. The number of carbonyl (C=O) groups excluding carboxylic acids is 2. The summed E-state index contributed by atoms with van der Waals surface area (Å²) in [5.74, 6) is 0.320. The molecule has 5 nitrogen and oxygen atoms in total. The first-order valence-corrected chi connectivity index (χ1v) is 10.3. The van der Waals surface area contributed by atoms with Crippen LogP contribution in [0.1, 0.15) is 30.5 Å². The van der Waals surface area contributed by atoms with Gasteiger partial charge in [0.25, 0.3) is 11.8 Å². The van der Waals surface area contributed by atoms with E-state index in [9.17, 15) is 9.59 Å². The molecule has 1 aliphatic rings. The van der Waals surface area contributed by atoms with Gasteiger partial charge in [-0.05, 0) is 42.7 Å². The van der Waals surface area contributed by atoms with E-state index < -0.39 is 0 Å². The first-order chi connectivity index (χ1) is 13.8. The Morgan fingerprint density at radius 2 is 1.62 bits per heavy atom. The van der Waals surface area contributed by atoms with Crippen LogP contribution in [0.15, 0.2) is 41.3 Å². The smallest absolute Gasteiger partial charge is 0.272 e. The number of rotatable bonds is 6. The highest BCUT2D eigenvalue weighted by Crippen LogP contribution is 2.43. The number of imide groups is 1. The van der Waals surface area contributed by atoms with Gasteiger partial charge in [-0.1, -0.05) is 32.0 Å². The Hall–Kier alpha value is -2.73. The summed E-state index contributed by atoms with van der Waals surface area (Å²) in [6.45, 7) is 8.03. The molecule has 1 heterocycles. The third-order valence-corrected chi connectivity index (χ3v) is 5.90. The average molecular weight is 412 g/mol. The second kappa shape index (κ2) is 8.33. The topological polar surface area (TPSA) is 55.8 Å². The Morgan fingerprint density at radius 1 is 0.897 bits per heavy atom. The maximum absolute atomic E-state index is 13.5. The summed E-state index contributed by atoms with van der Waals surface area (Å²) >= 11 is 1.41. The van der Waals surface area contributed by atoms with Crippen molar-refractivity contribution in [1.29, 1.82) is 0 Å². The summed E-state index contributed by atoms with van der Waals surface area (Å²) in [6, 6.07) is 10.9. The minimum Gasteiger partial charge on any atom is -0.497 e. The van der Waals surface area contributed by atoms with E-state index in [4.69, 9.17) is 9.47 Å². The molecule has 0 aliphatic carbocycles. The minimum atomic E-state index is -0.343. The van der Waals surface area contributed by atoms with Crippen molar-refractivity contribution in [2.75, 3.05) is 19.1 Å². The summed E-state index contributed by atoms with van der Waals surface area (Å²) in [4.78, 5) is 28.5. The van der Waals surface area contributed by atoms with Crippen LogP contribution >= 0.6 is 11.8 Å². The summed E-state index contributed by atoms with van der Waals surface area (Å²) in [6.07, 6.45) is 0. The molecule has 0 aromatic heterocycles. The van der Waals surface area contributed by atoms with Gasteiger partial charge in [-0.25, -0.2) is 4.90 Å². The molecule has 152 valence electrons. The molecule has 3 rings (SSSR count). The van der Waals surface area contributed by atoms with Crippen molar-refractivity contribution >= 4 is 34.8 Å². The molecule has 6 heteroatoms. The van der Waals surface area contributed by atoms with Gasteiger partial charge in [0, 0.05) is 11.3 Å². The van der Waals surface area contributed by atoms with Gasteiger partial charge in [-0.2, -0.15) is 0 Å². The number of nitrogens with zero attached hydrogens (tertiary/aromatic N) is 1. The summed E-state index contributed by atoms with van der Waals surface area (Å²) in [5.41, 5.74) is 3.81. The Bertz CT molecular complexity index is 1010. The van der Waals surface area contributed by atoms with Crippen molar-refractivity contribution in [1.82, 2.24) is 0 Å². The van der Waals surface area contributed by atoms with Crippen LogP contribution in [0.25, 0.3) is 5.57 Å². The zero-order chi connectivity index (χ0) is 21.3. The van der Waals surface area contributed by atoms with Crippen LogP contribution in [0, 0.1) is 13.8 Å². The van der Waals surface area contributed by atoms with Crippen LogP contribution in [0.4, 0.5) is 5.69 Å². The highest BCUT2D eigenvalue weighted by atomic mass is 32.2. The van der Waals surface area contributed by atoms with E-state index >= 15 is 0 Å². The van der Waals surface area contributed by atoms with Crippen molar-refractivity contribution in [3.63, 3.8) is 0 Å². The Morgan fingerprint density at radius 3 is 2.21 bits per heavy atom. The lowest BCUT2D eigenvalue weighted by atomic mass is 10.0. The predicted octanol–water partition coefficient (Wildman–Crippen LogP) is 4.75. The van der Waals surface area contributed by atoms with Gasteiger partial charge in [0.05, 0.1) is 30.4 Å². The number of methoxy groups -OCH3 is 2. The average Bonchev–Trinajstić information content (AvgIpc) is 2.93. The maximum atomic E-state index is 13.5. The lowest BCUT2D eigenvalue weighted by Gasteiger charge is -2.19. The summed E-state index contributed by atoms with van der Waals surface area (Å²) in [7, 11) is 3.06. The quantitative estimate of drug-likeness (QED) is 0.642. The van der Waals surface area contributed by atoms with Gasteiger partial charge >= 0.3 is 0 Å². The molecule has 0 fully saturated rings. The number of aryl methyl sites for hydroxylation is 2. The molecule has 0 N–H and O–H groups in total. The fraction of sp³-hybridized carbons (Fsp3) is 0.304. The largest absolute Gasteiger partial charge is 0.497 e. The van der Waals surface area contributed by atoms with Crippen LogP contribution < -0.4 is 14.4 Å². The Balaban J connectivity index is 2.14. The number of benzene rings is 2. The van der Waals surface area contributed by atoms with Crippen molar-refractivity contribution in [2.24, 2.45) is 0 Å². The van der Waals surface area contributed by atoms with Crippen LogP contribution in [-0.4, -0.2) is 31.3 Å². The van der Waals surface area contributed by atoms with Gasteiger partial charge in [-0.15, -0.1) is 11.8 Å². The third kappa shape index (κ3) is 3.90.